The molecule has 0 saturated heterocycles. The molecule has 0 aliphatic carbocycles. The van der Waals surface area contributed by atoms with Crippen LogP contribution in [0.25, 0.3) is 11.8 Å². The Balaban J connectivity index is 1.40. The van der Waals surface area contributed by atoms with Gasteiger partial charge in [0.05, 0.1) is 16.2 Å². The summed E-state index contributed by atoms with van der Waals surface area (Å²) < 4.78 is 7.44. The zero-order chi connectivity index (χ0) is 25.4. The molecule has 1 N–H and O–H groups in total. The summed E-state index contributed by atoms with van der Waals surface area (Å²) in [4.78, 5) is 27.6. The van der Waals surface area contributed by atoms with Crippen molar-refractivity contribution in [1.82, 2.24) is 9.58 Å². The van der Waals surface area contributed by atoms with Crippen LogP contribution in [0.15, 0.2) is 76.5 Å². The van der Waals surface area contributed by atoms with Crippen molar-refractivity contribution in [2.24, 2.45) is 10.1 Å². The van der Waals surface area contributed by atoms with Crippen molar-refractivity contribution in [3.05, 3.63) is 92.8 Å². The van der Waals surface area contributed by atoms with Crippen molar-refractivity contribution in [2.45, 2.75) is 6.92 Å². The number of halogens is 1. The molecule has 0 unspecified atom stereocenters. The number of fused-ring (bicyclic) bond motifs is 1. The van der Waals surface area contributed by atoms with Gasteiger partial charge < -0.3 is 9.30 Å². The van der Waals surface area contributed by atoms with E-state index in [1.54, 1.807) is 29.0 Å². The van der Waals surface area contributed by atoms with E-state index >= 15 is 0 Å². The second kappa shape index (κ2) is 9.44. The van der Waals surface area contributed by atoms with Crippen LogP contribution in [0.2, 0.25) is 5.02 Å². The van der Waals surface area contributed by atoms with Crippen molar-refractivity contribution in [2.75, 3.05) is 6.61 Å². The Hall–Kier alpha value is -4.22. The highest BCUT2D eigenvalue weighted by molar-refractivity contribution is 8.27. The van der Waals surface area contributed by atoms with E-state index in [4.69, 9.17) is 21.7 Å². The van der Waals surface area contributed by atoms with Crippen LogP contribution >= 0.6 is 23.4 Å². The molecule has 2 aliphatic heterocycles. The summed E-state index contributed by atoms with van der Waals surface area (Å²) in [6, 6.07) is 15.5. The second-order valence-corrected chi connectivity index (χ2v) is 9.26. The summed E-state index contributed by atoms with van der Waals surface area (Å²) in [5.41, 5.74) is 1.87. The van der Waals surface area contributed by atoms with E-state index in [0.29, 0.717) is 22.2 Å². The number of aromatic nitrogens is 1. The number of hydrazone groups is 1. The number of amidine groups is 2. The Kier molecular flexibility index (Phi) is 6.17. The first-order valence-corrected chi connectivity index (χ1v) is 11.8. The number of carbonyl (C=O) groups excluding carboxylic acids is 1. The van der Waals surface area contributed by atoms with Gasteiger partial charge >= 0.3 is 0 Å². The fourth-order valence-corrected chi connectivity index (χ4v) is 4.61. The number of amides is 1. The van der Waals surface area contributed by atoms with Gasteiger partial charge in [-0.25, -0.2) is 0 Å². The van der Waals surface area contributed by atoms with Crippen LogP contribution in [-0.4, -0.2) is 43.1 Å². The lowest BCUT2D eigenvalue weighted by molar-refractivity contribution is -0.384. The molecule has 0 fully saturated rings. The van der Waals surface area contributed by atoms with Gasteiger partial charge in [-0.2, -0.15) is 15.1 Å². The van der Waals surface area contributed by atoms with E-state index in [0.717, 1.165) is 5.56 Å². The normalized spacial score (nSPS) is 16.2. The molecule has 2 aromatic carbocycles. The largest absolute Gasteiger partial charge is 0.487 e. The highest BCUT2D eigenvalue weighted by Crippen LogP contribution is 2.30. The first kappa shape index (κ1) is 23.5. The molecule has 3 aromatic rings. The number of hydrogen-bond donors (Lipinski definition) is 1. The van der Waals surface area contributed by atoms with E-state index in [9.17, 15) is 14.9 Å². The third kappa shape index (κ3) is 4.53. The van der Waals surface area contributed by atoms with Crippen LogP contribution in [0.4, 0.5) is 5.69 Å². The number of nitro groups is 1. The minimum absolute atomic E-state index is 0.0218. The van der Waals surface area contributed by atoms with E-state index in [-0.39, 0.29) is 33.9 Å². The molecule has 3 heterocycles. The highest BCUT2D eigenvalue weighted by Gasteiger charge is 2.36. The van der Waals surface area contributed by atoms with Crippen molar-refractivity contribution in [3.63, 3.8) is 0 Å². The van der Waals surface area contributed by atoms with Gasteiger partial charge in [-0.05, 0) is 66.7 Å². The Bertz CT molecular complexity index is 1530. The third-order valence-corrected chi connectivity index (χ3v) is 6.53. The number of rotatable bonds is 6. The molecule has 5 rings (SSSR count). The molecule has 180 valence electrons. The average Bonchev–Trinajstić information content (AvgIpc) is 3.47. The number of ether oxygens (including phenoxy) is 1. The first-order valence-electron chi connectivity index (χ1n) is 10.6. The zero-order valence-electron chi connectivity index (χ0n) is 18.7. The molecule has 1 aromatic heterocycles. The standard InChI is InChI=1S/C24H17ClN6O4S/c1-14-4-2-6-17(10-14)35-13-21-28-30-22(26)18(23(32)27-24(30)36-21)11-15-5-3-9-29(15)16-7-8-19(25)20(12-16)31(33)34/h2-12,26H,13H2,1H3/b18-11+,26-22?. The monoisotopic (exact) mass is 520 g/mol. The van der Waals surface area contributed by atoms with Crippen LogP contribution in [0.3, 0.4) is 0 Å². The van der Waals surface area contributed by atoms with Gasteiger partial charge in [-0.15, -0.1) is 0 Å². The molecular formula is C24H17ClN6O4S. The number of nitro benzene ring substituents is 1. The number of aliphatic imine (C=N–C) groups is 1. The van der Waals surface area contributed by atoms with Crippen molar-refractivity contribution in [3.8, 4) is 11.4 Å². The Morgan fingerprint density at radius 2 is 2.06 bits per heavy atom. The Morgan fingerprint density at radius 3 is 2.83 bits per heavy atom. The van der Waals surface area contributed by atoms with Crippen molar-refractivity contribution in [1.29, 1.82) is 5.41 Å². The molecule has 10 nitrogen and oxygen atoms in total. The van der Waals surface area contributed by atoms with Gasteiger partial charge in [-0.3, -0.25) is 20.3 Å². The smallest absolute Gasteiger partial charge is 0.289 e. The maximum atomic E-state index is 12.8. The van der Waals surface area contributed by atoms with Gasteiger partial charge in [0, 0.05) is 18.0 Å². The predicted octanol–water partition coefficient (Wildman–Crippen LogP) is 5.05. The van der Waals surface area contributed by atoms with Gasteiger partial charge in [0.1, 0.15) is 22.4 Å². The summed E-state index contributed by atoms with van der Waals surface area (Å²) in [5, 5.41) is 26.5. The number of benzene rings is 2. The average molecular weight is 521 g/mol. The topological polar surface area (TPSA) is 126 Å². The van der Waals surface area contributed by atoms with E-state index in [1.807, 2.05) is 31.2 Å². The van der Waals surface area contributed by atoms with E-state index in [1.165, 1.54) is 35.0 Å². The molecule has 36 heavy (non-hydrogen) atoms. The first-order chi connectivity index (χ1) is 17.3. The van der Waals surface area contributed by atoms with Gasteiger partial charge in [0.2, 0.25) is 5.17 Å². The molecule has 0 atom stereocenters. The van der Waals surface area contributed by atoms with Gasteiger partial charge in [-0.1, -0.05) is 23.7 Å². The summed E-state index contributed by atoms with van der Waals surface area (Å²) in [6.07, 6.45) is 3.20. The highest BCUT2D eigenvalue weighted by atomic mass is 35.5. The zero-order valence-corrected chi connectivity index (χ0v) is 20.3. The number of hydrogen-bond acceptors (Lipinski definition) is 7. The molecule has 1 amide bonds. The van der Waals surface area contributed by atoms with Crippen LogP contribution in [0, 0.1) is 22.4 Å². The Morgan fingerprint density at radius 1 is 1.22 bits per heavy atom. The lowest BCUT2D eigenvalue weighted by Crippen LogP contribution is -2.35. The summed E-state index contributed by atoms with van der Waals surface area (Å²) in [7, 11) is 0. The van der Waals surface area contributed by atoms with Crippen LogP contribution in [0.5, 0.6) is 5.75 Å². The predicted molar refractivity (Wildman–Crippen MR) is 139 cm³/mol. The summed E-state index contributed by atoms with van der Waals surface area (Å²) in [5.74, 6) is -0.0115. The molecule has 0 spiro atoms. The minimum atomic E-state index is -0.579. The van der Waals surface area contributed by atoms with Crippen LogP contribution in [-0.2, 0) is 4.79 Å². The van der Waals surface area contributed by atoms with Gasteiger partial charge in [0.15, 0.2) is 5.84 Å². The number of thioether (sulfide) groups is 1. The fraction of sp³-hybridized carbons (Fsp3) is 0.0833. The van der Waals surface area contributed by atoms with Crippen molar-refractivity contribution < 1.29 is 14.5 Å². The molecule has 0 bridgehead atoms. The van der Waals surface area contributed by atoms with Crippen LogP contribution in [0.1, 0.15) is 11.3 Å². The molecule has 2 aliphatic rings. The van der Waals surface area contributed by atoms with Gasteiger partial charge in [0.25, 0.3) is 11.6 Å². The number of aryl methyl sites for hydroxylation is 1. The fourth-order valence-electron chi connectivity index (χ4n) is 3.63. The molecule has 0 saturated carbocycles. The second-order valence-electron chi connectivity index (χ2n) is 7.81. The van der Waals surface area contributed by atoms with E-state index in [2.05, 4.69) is 10.1 Å². The number of nitrogens with one attached hydrogen (secondary N) is 1. The molecule has 12 heteroatoms. The summed E-state index contributed by atoms with van der Waals surface area (Å²) in [6.45, 7) is 2.14. The maximum Gasteiger partial charge on any atom is 0.289 e. The quantitative estimate of drug-likeness (QED) is 0.275. The molecule has 0 radical (unpaired) electrons. The maximum absolute atomic E-state index is 12.8. The minimum Gasteiger partial charge on any atom is -0.487 e. The number of carbonyl (C=O) groups is 1. The van der Waals surface area contributed by atoms with Crippen LogP contribution < -0.4 is 4.74 Å². The summed E-state index contributed by atoms with van der Waals surface area (Å²) >= 11 is 7.11. The van der Waals surface area contributed by atoms with E-state index < -0.39 is 10.8 Å². The Labute approximate surface area is 214 Å². The SMILES string of the molecule is Cc1cccc(OCC2=NN3C(=N)/C(=C\c4cccn4-c4ccc(Cl)c([N+](=O)[O-])c4)C(=O)N=C3S2)c1. The lowest BCUT2D eigenvalue weighted by Gasteiger charge is -2.20. The third-order valence-electron chi connectivity index (χ3n) is 5.33. The lowest BCUT2D eigenvalue weighted by atomic mass is 10.1. The molecular weight excluding hydrogens is 504 g/mol. The number of nitrogens with zero attached hydrogens (tertiary/aromatic N) is 5. The van der Waals surface area contributed by atoms with Crippen molar-refractivity contribution >= 4 is 57.1 Å².